The van der Waals surface area contributed by atoms with Crippen LogP contribution < -0.4 is 0 Å². The third kappa shape index (κ3) is 1.86. The van der Waals surface area contributed by atoms with E-state index in [4.69, 9.17) is 9.47 Å². The van der Waals surface area contributed by atoms with Crippen molar-refractivity contribution < 1.29 is 9.47 Å². The van der Waals surface area contributed by atoms with Crippen LogP contribution in [-0.2, 0) is 9.47 Å². The molecule has 0 N–H and O–H groups in total. The van der Waals surface area contributed by atoms with Crippen LogP contribution in [0, 0.1) is 5.92 Å². The quantitative estimate of drug-likeness (QED) is 0.644. The molecule has 1 unspecified atom stereocenters. The molecule has 2 aliphatic rings. The van der Waals surface area contributed by atoms with Crippen molar-refractivity contribution in [3.05, 3.63) is 12.7 Å². The summed E-state index contributed by atoms with van der Waals surface area (Å²) in [7, 11) is 0. The van der Waals surface area contributed by atoms with Gasteiger partial charge < -0.3 is 9.47 Å². The second-order valence-corrected chi connectivity index (χ2v) is 4.38. The molecule has 3 atom stereocenters. The highest BCUT2D eigenvalue weighted by Crippen LogP contribution is 2.51. The lowest BCUT2D eigenvalue weighted by atomic mass is 10.2. The van der Waals surface area contributed by atoms with Gasteiger partial charge in [-0.1, -0.05) is 19.4 Å². The van der Waals surface area contributed by atoms with Crippen LogP contribution >= 0.6 is 0 Å². The monoisotopic (exact) mass is 196 g/mol. The summed E-state index contributed by atoms with van der Waals surface area (Å²) in [6.45, 7) is 6.94. The molecule has 2 fully saturated rings. The predicted octanol–water partition coefficient (Wildman–Crippen LogP) is 2.88. The van der Waals surface area contributed by atoms with Crippen LogP contribution in [0.4, 0.5) is 0 Å². The minimum absolute atomic E-state index is 0.0262. The second-order valence-electron chi connectivity index (χ2n) is 4.38. The van der Waals surface area contributed by atoms with E-state index in [1.807, 2.05) is 6.08 Å². The molecule has 1 saturated carbocycles. The molecule has 0 aromatic carbocycles. The molecule has 2 heteroatoms. The highest BCUT2D eigenvalue weighted by molar-refractivity contribution is 5.15. The molecule has 14 heavy (non-hydrogen) atoms. The SMILES string of the molecule is C=C[C@]1(OC2CCCCO2)C[C@H]1CC. The molecule has 1 aliphatic carbocycles. The summed E-state index contributed by atoms with van der Waals surface area (Å²) in [6.07, 6.45) is 7.77. The van der Waals surface area contributed by atoms with Gasteiger partial charge in [0.25, 0.3) is 0 Å². The van der Waals surface area contributed by atoms with Gasteiger partial charge in [0.05, 0.1) is 5.60 Å². The Bertz CT molecular complexity index is 208. The average Bonchev–Trinajstić information content (AvgIpc) is 2.94. The first kappa shape index (κ1) is 10.2. The molecule has 1 saturated heterocycles. The lowest BCUT2D eigenvalue weighted by Crippen LogP contribution is -2.29. The van der Waals surface area contributed by atoms with Gasteiger partial charge in [-0.3, -0.25) is 0 Å². The maximum atomic E-state index is 6.00. The molecule has 0 spiro atoms. The Morgan fingerprint density at radius 2 is 2.43 bits per heavy atom. The molecule has 1 aliphatic heterocycles. The van der Waals surface area contributed by atoms with Gasteiger partial charge in [-0.2, -0.15) is 0 Å². The highest BCUT2D eigenvalue weighted by Gasteiger charge is 2.53. The molecule has 0 bridgehead atoms. The van der Waals surface area contributed by atoms with E-state index in [9.17, 15) is 0 Å². The van der Waals surface area contributed by atoms with Crippen LogP contribution in [0.15, 0.2) is 12.7 Å². The van der Waals surface area contributed by atoms with E-state index in [1.54, 1.807) is 0 Å². The van der Waals surface area contributed by atoms with Crippen molar-refractivity contribution in [1.29, 1.82) is 0 Å². The third-order valence-electron chi connectivity index (χ3n) is 3.42. The molecule has 1 heterocycles. The van der Waals surface area contributed by atoms with Crippen molar-refractivity contribution in [3.63, 3.8) is 0 Å². The zero-order chi connectivity index (χ0) is 10.0. The fraction of sp³-hybridized carbons (Fsp3) is 0.833. The van der Waals surface area contributed by atoms with Crippen molar-refractivity contribution >= 4 is 0 Å². The summed E-state index contributed by atoms with van der Waals surface area (Å²) in [5.74, 6) is 0.672. The largest absolute Gasteiger partial charge is 0.353 e. The fourth-order valence-corrected chi connectivity index (χ4v) is 2.31. The van der Waals surface area contributed by atoms with Crippen LogP contribution in [-0.4, -0.2) is 18.5 Å². The van der Waals surface area contributed by atoms with Crippen LogP contribution in [0.2, 0.25) is 0 Å². The van der Waals surface area contributed by atoms with Crippen LogP contribution in [0.25, 0.3) is 0 Å². The van der Waals surface area contributed by atoms with Gasteiger partial charge in [0.15, 0.2) is 6.29 Å². The summed E-state index contributed by atoms with van der Waals surface area (Å²) in [5, 5.41) is 0. The Morgan fingerprint density at radius 3 is 2.93 bits per heavy atom. The zero-order valence-electron chi connectivity index (χ0n) is 9.00. The predicted molar refractivity (Wildman–Crippen MR) is 56.0 cm³/mol. The summed E-state index contributed by atoms with van der Waals surface area (Å²) in [4.78, 5) is 0. The van der Waals surface area contributed by atoms with E-state index in [2.05, 4.69) is 13.5 Å². The third-order valence-corrected chi connectivity index (χ3v) is 3.42. The normalized spacial score (nSPS) is 42.1. The summed E-state index contributed by atoms with van der Waals surface area (Å²) >= 11 is 0. The molecule has 2 rings (SSSR count). The maximum Gasteiger partial charge on any atom is 0.158 e. The van der Waals surface area contributed by atoms with Gasteiger partial charge in [0.2, 0.25) is 0 Å². The Balaban J connectivity index is 1.86. The van der Waals surface area contributed by atoms with E-state index in [-0.39, 0.29) is 11.9 Å². The minimum atomic E-state index is -0.0449. The number of ether oxygens (including phenoxy) is 2. The maximum absolute atomic E-state index is 6.00. The Labute approximate surface area is 86.3 Å². The van der Waals surface area contributed by atoms with Crippen molar-refractivity contribution in [2.75, 3.05) is 6.61 Å². The lowest BCUT2D eigenvalue weighted by molar-refractivity contribution is -0.189. The van der Waals surface area contributed by atoms with E-state index >= 15 is 0 Å². The van der Waals surface area contributed by atoms with Gasteiger partial charge in [-0.05, 0) is 31.6 Å². The summed E-state index contributed by atoms with van der Waals surface area (Å²) in [5.41, 5.74) is -0.0449. The topological polar surface area (TPSA) is 18.5 Å². The van der Waals surface area contributed by atoms with E-state index in [1.165, 1.54) is 19.3 Å². The van der Waals surface area contributed by atoms with Gasteiger partial charge in [-0.25, -0.2) is 0 Å². The first-order valence-electron chi connectivity index (χ1n) is 5.74. The molecule has 2 nitrogen and oxygen atoms in total. The molecule has 0 amide bonds. The van der Waals surface area contributed by atoms with Gasteiger partial charge in [-0.15, -0.1) is 6.58 Å². The highest BCUT2D eigenvalue weighted by atomic mass is 16.7. The smallest absolute Gasteiger partial charge is 0.158 e. The van der Waals surface area contributed by atoms with Gasteiger partial charge in [0, 0.05) is 6.61 Å². The Hall–Kier alpha value is -0.340. The summed E-state index contributed by atoms with van der Waals surface area (Å²) in [6, 6.07) is 0. The van der Waals surface area contributed by atoms with E-state index in [0.717, 1.165) is 19.4 Å². The molecule has 0 aromatic heterocycles. The van der Waals surface area contributed by atoms with Crippen molar-refractivity contribution in [1.82, 2.24) is 0 Å². The van der Waals surface area contributed by atoms with Crippen molar-refractivity contribution in [2.24, 2.45) is 5.92 Å². The summed E-state index contributed by atoms with van der Waals surface area (Å²) < 4.78 is 11.6. The second kappa shape index (κ2) is 4.03. The van der Waals surface area contributed by atoms with E-state index < -0.39 is 0 Å². The van der Waals surface area contributed by atoms with Gasteiger partial charge in [0.1, 0.15) is 0 Å². The standard InChI is InChI=1S/C12H20O2/c1-3-10-9-12(10,4-2)14-11-7-5-6-8-13-11/h4,10-11H,2-3,5-9H2,1H3/t10-,11?,12+/m1/s1. The van der Waals surface area contributed by atoms with Crippen molar-refractivity contribution in [3.8, 4) is 0 Å². The molecule has 0 radical (unpaired) electrons. The number of rotatable bonds is 4. The van der Waals surface area contributed by atoms with E-state index in [0.29, 0.717) is 5.92 Å². The van der Waals surface area contributed by atoms with Gasteiger partial charge >= 0.3 is 0 Å². The fourth-order valence-electron chi connectivity index (χ4n) is 2.31. The van der Waals surface area contributed by atoms with Crippen LogP contribution in [0.1, 0.15) is 39.0 Å². The first-order valence-corrected chi connectivity index (χ1v) is 5.74. The zero-order valence-corrected chi connectivity index (χ0v) is 9.00. The number of hydrogen-bond donors (Lipinski definition) is 0. The molecular formula is C12H20O2. The lowest BCUT2D eigenvalue weighted by Gasteiger charge is -2.27. The molecular weight excluding hydrogens is 176 g/mol. The minimum Gasteiger partial charge on any atom is -0.353 e. The number of hydrogen-bond acceptors (Lipinski definition) is 2. The van der Waals surface area contributed by atoms with Crippen LogP contribution in [0.3, 0.4) is 0 Å². The molecule has 0 aromatic rings. The van der Waals surface area contributed by atoms with Crippen molar-refractivity contribution in [2.45, 2.75) is 50.9 Å². The average molecular weight is 196 g/mol. The Morgan fingerprint density at radius 1 is 1.57 bits per heavy atom. The Kier molecular flexibility index (Phi) is 2.93. The molecule has 80 valence electrons. The first-order chi connectivity index (χ1) is 6.80. The van der Waals surface area contributed by atoms with Crippen LogP contribution in [0.5, 0.6) is 0 Å².